The molecule has 1 saturated heterocycles. The summed E-state index contributed by atoms with van der Waals surface area (Å²) in [5, 5.41) is 2.97. The van der Waals surface area contributed by atoms with Crippen LogP contribution >= 0.6 is 0 Å². The lowest BCUT2D eigenvalue weighted by Gasteiger charge is -2.30. The molecule has 1 N–H and O–H groups in total. The van der Waals surface area contributed by atoms with Crippen molar-refractivity contribution in [2.75, 3.05) is 32.0 Å². The molecule has 0 unspecified atom stereocenters. The third kappa shape index (κ3) is 6.01. The van der Waals surface area contributed by atoms with Crippen molar-refractivity contribution < 1.29 is 17.9 Å². The van der Waals surface area contributed by atoms with Gasteiger partial charge in [-0.1, -0.05) is 19.3 Å². The van der Waals surface area contributed by atoms with Crippen LogP contribution < -0.4 is 5.32 Å². The zero-order valence-corrected chi connectivity index (χ0v) is 15.7. The second kappa shape index (κ2) is 9.73. The standard InChI is InChI=1S/C17H32N2O4S/c1-2-24(21,22)19-12-9-15(10-13-19)17(20)18-11-6-14-23-16-7-4-3-5-8-16/h15-16H,2-14H2,1H3,(H,18,20). The lowest BCUT2D eigenvalue weighted by molar-refractivity contribution is -0.126. The Morgan fingerprint density at radius 2 is 1.79 bits per heavy atom. The fraction of sp³-hybridized carbons (Fsp3) is 0.941. The summed E-state index contributed by atoms with van der Waals surface area (Å²) < 4.78 is 31.0. The highest BCUT2D eigenvalue weighted by Gasteiger charge is 2.29. The first-order chi connectivity index (χ1) is 11.5. The highest BCUT2D eigenvalue weighted by atomic mass is 32.2. The van der Waals surface area contributed by atoms with Crippen LogP contribution in [0.25, 0.3) is 0 Å². The first-order valence-corrected chi connectivity index (χ1v) is 11.0. The van der Waals surface area contributed by atoms with Crippen LogP contribution in [0.15, 0.2) is 0 Å². The molecule has 1 aliphatic carbocycles. The predicted octanol–water partition coefficient (Wildman–Crippen LogP) is 1.90. The van der Waals surface area contributed by atoms with Crippen molar-refractivity contribution >= 4 is 15.9 Å². The molecule has 1 amide bonds. The van der Waals surface area contributed by atoms with E-state index >= 15 is 0 Å². The van der Waals surface area contributed by atoms with Gasteiger partial charge in [0.1, 0.15) is 0 Å². The monoisotopic (exact) mass is 360 g/mol. The van der Waals surface area contributed by atoms with Gasteiger partial charge in [0.05, 0.1) is 11.9 Å². The number of nitrogens with zero attached hydrogens (tertiary/aromatic N) is 1. The van der Waals surface area contributed by atoms with Gasteiger partial charge in [0.2, 0.25) is 15.9 Å². The summed E-state index contributed by atoms with van der Waals surface area (Å²) in [6.45, 7) is 3.92. The molecule has 1 aliphatic heterocycles. The average molecular weight is 361 g/mol. The Bertz CT molecular complexity index is 481. The summed E-state index contributed by atoms with van der Waals surface area (Å²) in [6, 6.07) is 0. The van der Waals surface area contributed by atoms with Gasteiger partial charge in [-0.15, -0.1) is 0 Å². The van der Waals surface area contributed by atoms with E-state index in [2.05, 4.69) is 5.32 Å². The highest BCUT2D eigenvalue weighted by Crippen LogP contribution is 2.21. The molecule has 1 heterocycles. The highest BCUT2D eigenvalue weighted by molar-refractivity contribution is 7.89. The molecule has 6 nitrogen and oxygen atoms in total. The molecule has 2 fully saturated rings. The van der Waals surface area contributed by atoms with Gasteiger partial charge in [-0.25, -0.2) is 12.7 Å². The summed E-state index contributed by atoms with van der Waals surface area (Å²) in [5.74, 6) is 0.124. The number of hydrogen-bond acceptors (Lipinski definition) is 4. The van der Waals surface area contributed by atoms with E-state index in [0.29, 0.717) is 45.2 Å². The molecule has 0 spiro atoms. The maximum atomic E-state index is 12.2. The Morgan fingerprint density at radius 1 is 1.12 bits per heavy atom. The Balaban J connectivity index is 1.56. The van der Waals surface area contributed by atoms with Gasteiger partial charge in [0, 0.05) is 32.2 Å². The molecule has 2 rings (SSSR count). The number of hydrogen-bond donors (Lipinski definition) is 1. The molecule has 0 aromatic heterocycles. The number of amides is 1. The Kier molecular flexibility index (Phi) is 7.97. The van der Waals surface area contributed by atoms with E-state index in [1.807, 2.05) is 0 Å². The van der Waals surface area contributed by atoms with Crippen LogP contribution in [0, 0.1) is 5.92 Å². The summed E-state index contributed by atoms with van der Waals surface area (Å²) in [7, 11) is -3.12. The van der Waals surface area contributed by atoms with Crippen molar-refractivity contribution in [2.24, 2.45) is 5.92 Å². The van der Waals surface area contributed by atoms with Crippen LogP contribution in [0.5, 0.6) is 0 Å². The lowest BCUT2D eigenvalue weighted by Crippen LogP contribution is -2.43. The Morgan fingerprint density at radius 3 is 2.42 bits per heavy atom. The van der Waals surface area contributed by atoms with Gasteiger partial charge in [-0.05, 0) is 39.0 Å². The zero-order chi connectivity index (χ0) is 17.4. The Labute approximate surface area is 146 Å². The van der Waals surface area contributed by atoms with E-state index in [1.54, 1.807) is 6.92 Å². The minimum absolute atomic E-state index is 0.0567. The largest absolute Gasteiger partial charge is 0.378 e. The first kappa shape index (κ1) is 19.7. The molecule has 1 saturated carbocycles. The number of ether oxygens (including phenoxy) is 1. The van der Waals surface area contributed by atoms with E-state index in [9.17, 15) is 13.2 Å². The summed E-state index contributed by atoms with van der Waals surface area (Å²) in [4.78, 5) is 12.2. The number of nitrogens with one attached hydrogen (secondary N) is 1. The van der Waals surface area contributed by atoms with Crippen molar-refractivity contribution in [3.8, 4) is 0 Å². The average Bonchev–Trinajstić information content (AvgIpc) is 2.62. The van der Waals surface area contributed by atoms with Gasteiger partial charge in [0.15, 0.2) is 0 Å². The number of rotatable bonds is 8. The second-order valence-electron chi connectivity index (χ2n) is 6.85. The van der Waals surface area contributed by atoms with Crippen LogP contribution in [0.4, 0.5) is 0 Å². The molecule has 2 aliphatic rings. The SMILES string of the molecule is CCS(=O)(=O)N1CCC(C(=O)NCCCOC2CCCCC2)CC1. The number of piperidine rings is 1. The lowest BCUT2D eigenvalue weighted by atomic mass is 9.97. The number of sulfonamides is 1. The second-order valence-corrected chi connectivity index (χ2v) is 9.11. The van der Waals surface area contributed by atoms with Gasteiger partial charge in [0.25, 0.3) is 0 Å². The van der Waals surface area contributed by atoms with Crippen LogP contribution in [-0.2, 0) is 19.6 Å². The molecule has 24 heavy (non-hydrogen) atoms. The summed E-state index contributed by atoms with van der Waals surface area (Å²) in [5.41, 5.74) is 0. The minimum atomic E-state index is -3.12. The molecular formula is C17H32N2O4S. The van der Waals surface area contributed by atoms with Gasteiger partial charge in [-0.3, -0.25) is 4.79 Å². The van der Waals surface area contributed by atoms with Gasteiger partial charge >= 0.3 is 0 Å². The van der Waals surface area contributed by atoms with E-state index in [1.165, 1.54) is 36.4 Å². The summed E-state index contributed by atoms with van der Waals surface area (Å²) >= 11 is 0. The van der Waals surface area contributed by atoms with E-state index in [4.69, 9.17) is 4.74 Å². The van der Waals surface area contributed by atoms with E-state index in [-0.39, 0.29) is 17.6 Å². The van der Waals surface area contributed by atoms with Crippen molar-refractivity contribution in [2.45, 2.75) is 64.4 Å². The van der Waals surface area contributed by atoms with Crippen molar-refractivity contribution in [1.29, 1.82) is 0 Å². The molecular weight excluding hydrogens is 328 g/mol. The molecule has 7 heteroatoms. The Hall–Kier alpha value is -0.660. The molecule has 0 atom stereocenters. The maximum Gasteiger partial charge on any atom is 0.223 e. The molecule has 140 valence electrons. The van der Waals surface area contributed by atoms with Crippen LogP contribution in [0.3, 0.4) is 0 Å². The number of carbonyl (C=O) groups is 1. The molecule has 0 aromatic rings. The van der Waals surface area contributed by atoms with Crippen LogP contribution in [0.2, 0.25) is 0 Å². The van der Waals surface area contributed by atoms with Crippen molar-refractivity contribution in [1.82, 2.24) is 9.62 Å². The zero-order valence-electron chi connectivity index (χ0n) is 14.8. The normalized spacial score (nSPS) is 21.7. The third-order valence-electron chi connectivity index (χ3n) is 5.11. The fourth-order valence-corrected chi connectivity index (χ4v) is 4.62. The van der Waals surface area contributed by atoms with Crippen molar-refractivity contribution in [3.63, 3.8) is 0 Å². The molecule has 0 aromatic carbocycles. The summed E-state index contributed by atoms with van der Waals surface area (Å²) in [6.07, 6.45) is 8.70. The molecule has 0 bridgehead atoms. The molecule has 0 radical (unpaired) electrons. The minimum Gasteiger partial charge on any atom is -0.378 e. The van der Waals surface area contributed by atoms with E-state index < -0.39 is 10.0 Å². The fourth-order valence-electron chi connectivity index (χ4n) is 3.49. The van der Waals surface area contributed by atoms with Crippen LogP contribution in [-0.4, -0.2) is 56.7 Å². The van der Waals surface area contributed by atoms with E-state index in [0.717, 1.165) is 6.42 Å². The predicted molar refractivity (Wildman–Crippen MR) is 94.2 cm³/mol. The smallest absolute Gasteiger partial charge is 0.223 e. The van der Waals surface area contributed by atoms with Crippen molar-refractivity contribution in [3.05, 3.63) is 0 Å². The van der Waals surface area contributed by atoms with Gasteiger partial charge in [-0.2, -0.15) is 0 Å². The van der Waals surface area contributed by atoms with Crippen LogP contribution in [0.1, 0.15) is 58.3 Å². The number of carbonyl (C=O) groups excluding carboxylic acids is 1. The quantitative estimate of drug-likeness (QED) is 0.671. The first-order valence-electron chi connectivity index (χ1n) is 9.40. The third-order valence-corrected chi connectivity index (χ3v) is 6.99. The topological polar surface area (TPSA) is 75.7 Å². The maximum absolute atomic E-state index is 12.2. The van der Waals surface area contributed by atoms with Gasteiger partial charge < -0.3 is 10.1 Å².